The van der Waals surface area contributed by atoms with Gasteiger partial charge < -0.3 is 10.1 Å². The maximum absolute atomic E-state index is 13.5. The second-order valence-electron chi connectivity index (χ2n) is 4.23. The van der Waals surface area contributed by atoms with Crippen molar-refractivity contribution in [3.05, 3.63) is 29.6 Å². The van der Waals surface area contributed by atoms with E-state index in [1.807, 2.05) is 24.8 Å². The van der Waals surface area contributed by atoms with Crippen LogP contribution in [-0.4, -0.2) is 24.7 Å². The molecule has 17 heavy (non-hydrogen) atoms. The molecule has 2 nitrogen and oxygen atoms in total. The molecule has 0 aromatic heterocycles. The van der Waals surface area contributed by atoms with Gasteiger partial charge in [0.1, 0.15) is 0 Å². The van der Waals surface area contributed by atoms with Crippen LogP contribution in [0.25, 0.3) is 0 Å². The number of ether oxygens (including phenoxy) is 1. The maximum Gasteiger partial charge on any atom is 0.165 e. The summed E-state index contributed by atoms with van der Waals surface area (Å²) in [5.74, 6) is 3.37. The van der Waals surface area contributed by atoms with Crippen LogP contribution in [0.5, 0.6) is 5.75 Å². The first-order valence-electron chi connectivity index (χ1n) is 5.99. The molecule has 0 bridgehead atoms. The smallest absolute Gasteiger partial charge is 0.165 e. The number of thioether (sulfide) groups is 1. The molecule has 2 rings (SSSR count). The fraction of sp³-hybridized carbons (Fsp3) is 0.538. The molecule has 0 saturated carbocycles. The lowest BCUT2D eigenvalue weighted by Gasteiger charge is -2.24. The van der Waals surface area contributed by atoms with Gasteiger partial charge in [0.25, 0.3) is 0 Å². The summed E-state index contributed by atoms with van der Waals surface area (Å²) < 4.78 is 18.7. The van der Waals surface area contributed by atoms with Crippen LogP contribution in [0.15, 0.2) is 18.2 Å². The predicted octanol–water partition coefficient (Wildman–Crippen LogP) is 2.68. The summed E-state index contributed by atoms with van der Waals surface area (Å²) in [7, 11) is 0. The molecule has 1 saturated heterocycles. The monoisotopic (exact) mass is 255 g/mol. The number of hydrogen-bond acceptors (Lipinski definition) is 3. The van der Waals surface area contributed by atoms with E-state index in [1.165, 1.54) is 11.5 Å². The third-order valence-electron chi connectivity index (χ3n) is 2.77. The van der Waals surface area contributed by atoms with E-state index in [0.717, 1.165) is 24.6 Å². The van der Waals surface area contributed by atoms with Gasteiger partial charge in [-0.2, -0.15) is 11.8 Å². The Kier molecular flexibility index (Phi) is 4.68. The Hall–Kier alpha value is -0.740. The van der Waals surface area contributed by atoms with Crippen molar-refractivity contribution in [1.29, 1.82) is 0 Å². The van der Waals surface area contributed by atoms with Crippen LogP contribution in [0.2, 0.25) is 0 Å². The zero-order chi connectivity index (χ0) is 12.1. The van der Waals surface area contributed by atoms with E-state index in [0.29, 0.717) is 12.4 Å². The van der Waals surface area contributed by atoms with Crippen molar-refractivity contribution in [1.82, 2.24) is 5.32 Å². The molecule has 0 unspecified atom stereocenters. The maximum atomic E-state index is 13.5. The van der Waals surface area contributed by atoms with Crippen molar-refractivity contribution in [3.8, 4) is 5.75 Å². The fourth-order valence-corrected chi connectivity index (χ4v) is 2.55. The molecule has 1 aromatic rings. The molecular weight excluding hydrogens is 237 g/mol. The summed E-state index contributed by atoms with van der Waals surface area (Å²) in [6.07, 6.45) is 0. The van der Waals surface area contributed by atoms with E-state index in [1.54, 1.807) is 12.1 Å². The molecule has 1 N–H and O–H groups in total. The molecule has 0 spiro atoms. The van der Waals surface area contributed by atoms with Gasteiger partial charge in [0, 0.05) is 6.54 Å². The van der Waals surface area contributed by atoms with Crippen LogP contribution in [0.4, 0.5) is 4.39 Å². The minimum atomic E-state index is -0.273. The first-order chi connectivity index (χ1) is 8.29. The van der Waals surface area contributed by atoms with Crippen molar-refractivity contribution in [2.75, 3.05) is 24.7 Å². The Morgan fingerprint density at radius 2 is 2.29 bits per heavy atom. The van der Waals surface area contributed by atoms with E-state index < -0.39 is 0 Å². The number of halogens is 1. The van der Waals surface area contributed by atoms with Gasteiger partial charge in [-0.3, -0.25) is 0 Å². The van der Waals surface area contributed by atoms with Gasteiger partial charge in [-0.25, -0.2) is 4.39 Å². The second-order valence-corrected chi connectivity index (χ2v) is 5.31. The molecule has 0 atom stereocenters. The van der Waals surface area contributed by atoms with Gasteiger partial charge >= 0.3 is 0 Å². The summed E-state index contributed by atoms with van der Waals surface area (Å²) in [5, 5.41) is 3.36. The first-order valence-corrected chi connectivity index (χ1v) is 7.14. The van der Waals surface area contributed by atoms with E-state index in [2.05, 4.69) is 5.32 Å². The Balaban J connectivity index is 1.81. The topological polar surface area (TPSA) is 21.3 Å². The van der Waals surface area contributed by atoms with E-state index in [-0.39, 0.29) is 5.82 Å². The minimum absolute atomic E-state index is 0.273. The normalized spacial score (nSPS) is 15.6. The molecule has 94 valence electrons. The summed E-state index contributed by atoms with van der Waals surface area (Å²) in [5.41, 5.74) is 0.970. The van der Waals surface area contributed by atoms with E-state index >= 15 is 0 Å². The molecule has 1 heterocycles. The zero-order valence-electron chi connectivity index (χ0n) is 10.0. The molecule has 1 aromatic carbocycles. The SMILES string of the molecule is CCOc1ccc(CNCC2CSC2)cc1F. The lowest BCUT2D eigenvalue weighted by Crippen LogP contribution is -2.30. The molecular formula is C13H18FNOS. The van der Waals surface area contributed by atoms with Crippen LogP contribution in [0.3, 0.4) is 0 Å². The van der Waals surface area contributed by atoms with Gasteiger partial charge in [0.2, 0.25) is 0 Å². The molecule has 1 aliphatic heterocycles. The molecule has 1 aliphatic rings. The van der Waals surface area contributed by atoms with E-state index in [4.69, 9.17) is 4.74 Å². The zero-order valence-corrected chi connectivity index (χ0v) is 10.9. The van der Waals surface area contributed by atoms with Crippen molar-refractivity contribution in [2.24, 2.45) is 5.92 Å². The van der Waals surface area contributed by atoms with Gasteiger partial charge in [-0.15, -0.1) is 0 Å². The quantitative estimate of drug-likeness (QED) is 0.844. The molecule has 0 aliphatic carbocycles. The first kappa shape index (κ1) is 12.7. The average molecular weight is 255 g/mol. The largest absolute Gasteiger partial charge is 0.491 e. The fourth-order valence-electron chi connectivity index (χ4n) is 1.75. The van der Waals surface area contributed by atoms with Crippen LogP contribution in [0.1, 0.15) is 12.5 Å². The Morgan fingerprint density at radius 1 is 1.47 bits per heavy atom. The van der Waals surface area contributed by atoms with Gasteiger partial charge in [0.05, 0.1) is 6.61 Å². The highest BCUT2D eigenvalue weighted by Gasteiger charge is 2.17. The molecule has 0 amide bonds. The third-order valence-corrected chi connectivity index (χ3v) is 4.18. The van der Waals surface area contributed by atoms with Gasteiger partial charge in [-0.05, 0) is 48.6 Å². The van der Waals surface area contributed by atoms with Crippen LogP contribution < -0.4 is 10.1 Å². The highest BCUT2D eigenvalue weighted by Crippen LogP contribution is 2.23. The third kappa shape index (κ3) is 3.61. The van der Waals surface area contributed by atoms with Crippen LogP contribution in [-0.2, 0) is 6.54 Å². The highest BCUT2D eigenvalue weighted by molar-refractivity contribution is 8.00. The summed E-state index contributed by atoms with van der Waals surface area (Å²) in [6.45, 7) is 4.10. The summed E-state index contributed by atoms with van der Waals surface area (Å²) in [4.78, 5) is 0. The second kappa shape index (κ2) is 6.26. The molecule has 1 fully saturated rings. The lowest BCUT2D eigenvalue weighted by atomic mass is 10.1. The number of nitrogens with one attached hydrogen (secondary N) is 1. The molecule has 0 radical (unpaired) electrons. The number of benzene rings is 1. The van der Waals surface area contributed by atoms with Crippen molar-refractivity contribution in [2.45, 2.75) is 13.5 Å². The summed E-state index contributed by atoms with van der Waals surface area (Å²) >= 11 is 1.98. The van der Waals surface area contributed by atoms with Crippen molar-refractivity contribution < 1.29 is 9.13 Å². The predicted molar refractivity (Wildman–Crippen MR) is 70.1 cm³/mol. The number of hydrogen-bond donors (Lipinski definition) is 1. The number of rotatable bonds is 6. The minimum Gasteiger partial charge on any atom is -0.491 e. The molecule has 4 heteroatoms. The highest BCUT2D eigenvalue weighted by atomic mass is 32.2. The standard InChI is InChI=1S/C13H18FNOS/c1-2-16-13-4-3-10(5-12(13)14)6-15-7-11-8-17-9-11/h3-5,11,15H,2,6-9H2,1H3. The summed E-state index contributed by atoms with van der Waals surface area (Å²) in [6, 6.07) is 5.17. The average Bonchev–Trinajstić information content (AvgIpc) is 2.26. The van der Waals surface area contributed by atoms with Gasteiger partial charge in [0.15, 0.2) is 11.6 Å². The van der Waals surface area contributed by atoms with E-state index in [9.17, 15) is 4.39 Å². The van der Waals surface area contributed by atoms with Crippen LogP contribution >= 0.6 is 11.8 Å². The van der Waals surface area contributed by atoms with Crippen LogP contribution in [0, 0.1) is 11.7 Å². The Bertz CT molecular complexity index is 368. The Morgan fingerprint density at radius 3 is 2.88 bits per heavy atom. The Labute approximate surface area is 106 Å². The van der Waals surface area contributed by atoms with Gasteiger partial charge in [-0.1, -0.05) is 6.07 Å². The van der Waals surface area contributed by atoms with Crippen molar-refractivity contribution in [3.63, 3.8) is 0 Å². The van der Waals surface area contributed by atoms with Crippen molar-refractivity contribution >= 4 is 11.8 Å². The lowest BCUT2D eigenvalue weighted by molar-refractivity contribution is 0.321.